The summed E-state index contributed by atoms with van der Waals surface area (Å²) in [6, 6.07) is 5.05. The molecule has 0 bridgehead atoms. The maximum absolute atomic E-state index is 12.2. The first-order valence-corrected chi connectivity index (χ1v) is 6.73. The maximum atomic E-state index is 12.2. The van der Waals surface area contributed by atoms with Crippen LogP contribution >= 0.6 is 0 Å². The van der Waals surface area contributed by atoms with Crippen molar-refractivity contribution in [3.63, 3.8) is 0 Å². The summed E-state index contributed by atoms with van der Waals surface area (Å²) in [6.45, 7) is 6.37. The van der Waals surface area contributed by atoms with Gasteiger partial charge in [-0.05, 0) is 24.6 Å². The van der Waals surface area contributed by atoms with Crippen LogP contribution in [0.3, 0.4) is 0 Å². The van der Waals surface area contributed by atoms with E-state index in [1.807, 2.05) is 20.8 Å². The van der Waals surface area contributed by atoms with Gasteiger partial charge in [-0.25, -0.2) is 8.42 Å². The van der Waals surface area contributed by atoms with Crippen LogP contribution < -0.4 is 5.73 Å². The second-order valence-corrected chi connectivity index (χ2v) is 5.54. The van der Waals surface area contributed by atoms with Gasteiger partial charge in [0.2, 0.25) is 10.0 Å². The van der Waals surface area contributed by atoms with E-state index in [-0.39, 0.29) is 4.90 Å². The predicted octanol–water partition coefficient (Wildman–Crippen LogP) is 1.61. The number of nitrogens with two attached hydrogens (primary N) is 1. The highest BCUT2D eigenvalue weighted by molar-refractivity contribution is 7.89. The topological polar surface area (TPSA) is 63.4 Å². The molecule has 0 unspecified atom stereocenters. The zero-order chi connectivity index (χ0) is 12.3. The first-order valence-electron chi connectivity index (χ1n) is 5.29. The molecule has 0 amide bonds. The first-order chi connectivity index (χ1) is 7.43. The molecule has 0 heterocycles. The van der Waals surface area contributed by atoms with Crippen molar-refractivity contribution >= 4 is 15.7 Å². The van der Waals surface area contributed by atoms with E-state index >= 15 is 0 Å². The average molecular weight is 242 g/mol. The van der Waals surface area contributed by atoms with Crippen LogP contribution in [-0.4, -0.2) is 25.8 Å². The number of nitrogen functional groups attached to an aromatic ring is 1. The van der Waals surface area contributed by atoms with E-state index in [0.717, 1.165) is 5.56 Å². The largest absolute Gasteiger partial charge is 0.398 e. The lowest BCUT2D eigenvalue weighted by Gasteiger charge is -2.19. The molecule has 90 valence electrons. The van der Waals surface area contributed by atoms with Crippen molar-refractivity contribution in [3.8, 4) is 0 Å². The third-order valence-electron chi connectivity index (χ3n) is 2.49. The number of hydrogen-bond donors (Lipinski definition) is 1. The molecule has 0 saturated heterocycles. The fourth-order valence-corrected chi connectivity index (χ4v) is 3.23. The van der Waals surface area contributed by atoms with Crippen molar-refractivity contribution in [1.29, 1.82) is 0 Å². The monoisotopic (exact) mass is 242 g/mol. The summed E-state index contributed by atoms with van der Waals surface area (Å²) in [4.78, 5) is 0.205. The molecule has 1 rings (SSSR count). The Morgan fingerprint density at radius 3 is 2.31 bits per heavy atom. The molecule has 0 spiro atoms. The van der Waals surface area contributed by atoms with Gasteiger partial charge in [-0.2, -0.15) is 4.31 Å². The normalized spacial score (nSPS) is 12.0. The number of sulfonamides is 1. The van der Waals surface area contributed by atoms with E-state index in [0.29, 0.717) is 18.8 Å². The minimum atomic E-state index is -3.45. The average Bonchev–Trinajstić information content (AvgIpc) is 2.23. The molecule has 16 heavy (non-hydrogen) atoms. The molecule has 0 atom stereocenters. The molecular formula is C11H18N2O2S. The zero-order valence-electron chi connectivity index (χ0n) is 9.90. The number of nitrogens with zero attached hydrogens (tertiary/aromatic N) is 1. The minimum absolute atomic E-state index is 0.205. The number of hydrogen-bond acceptors (Lipinski definition) is 3. The maximum Gasteiger partial charge on any atom is 0.245 e. The Hall–Kier alpha value is -1.07. The van der Waals surface area contributed by atoms with Crippen LogP contribution in [0.4, 0.5) is 5.69 Å². The fraction of sp³-hybridized carbons (Fsp3) is 0.455. The molecule has 0 radical (unpaired) electrons. The van der Waals surface area contributed by atoms with Crippen LogP contribution in [0.2, 0.25) is 0 Å². The van der Waals surface area contributed by atoms with Gasteiger partial charge in [-0.15, -0.1) is 0 Å². The number of benzene rings is 1. The van der Waals surface area contributed by atoms with E-state index in [4.69, 9.17) is 5.73 Å². The van der Waals surface area contributed by atoms with Gasteiger partial charge in [0, 0.05) is 13.1 Å². The molecule has 0 saturated carbocycles. The zero-order valence-corrected chi connectivity index (χ0v) is 10.7. The summed E-state index contributed by atoms with van der Waals surface area (Å²) in [5, 5.41) is 0. The van der Waals surface area contributed by atoms with Gasteiger partial charge in [0.05, 0.1) is 5.69 Å². The molecule has 0 aliphatic rings. The van der Waals surface area contributed by atoms with Crippen LogP contribution in [-0.2, 0) is 10.0 Å². The van der Waals surface area contributed by atoms with E-state index in [1.54, 1.807) is 18.2 Å². The molecule has 0 aromatic heterocycles. The molecular weight excluding hydrogens is 224 g/mol. The highest BCUT2D eigenvalue weighted by atomic mass is 32.2. The molecule has 1 aromatic carbocycles. The van der Waals surface area contributed by atoms with Crippen molar-refractivity contribution in [2.45, 2.75) is 25.7 Å². The Balaban J connectivity index is 3.31. The van der Waals surface area contributed by atoms with Crippen LogP contribution in [0.1, 0.15) is 19.4 Å². The standard InChI is InChI=1S/C11H18N2O2S/c1-4-13(5-2)16(14,15)11-8-9(3)6-7-10(11)12/h6-8H,4-5,12H2,1-3H3. The third kappa shape index (κ3) is 2.36. The minimum Gasteiger partial charge on any atom is -0.398 e. The predicted molar refractivity (Wildman–Crippen MR) is 65.7 cm³/mol. The summed E-state index contributed by atoms with van der Waals surface area (Å²) >= 11 is 0. The number of aryl methyl sites for hydroxylation is 1. The van der Waals surface area contributed by atoms with E-state index in [2.05, 4.69) is 0 Å². The van der Waals surface area contributed by atoms with Gasteiger partial charge in [0.25, 0.3) is 0 Å². The molecule has 0 aliphatic heterocycles. The van der Waals surface area contributed by atoms with E-state index in [9.17, 15) is 8.42 Å². The molecule has 5 heteroatoms. The van der Waals surface area contributed by atoms with Crippen molar-refractivity contribution in [2.24, 2.45) is 0 Å². The lowest BCUT2D eigenvalue weighted by atomic mass is 10.2. The Labute approximate surface area is 97.1 Å². The van der Waals surface area contributed by atoms with Crippen LogP contribution in [0.5, 0.6) is 0 Å². The van der Waals surface area contributed by atoms with Gasteiger partial charge >= 0.3 is 0 Å². The van der Waals surface area contributed by atoms with Crippen LogP contribution in [0.15, 0.2) is 23.1 Å². The van der Waals surface area contributed by atoms with Crippen LogP contribution in [0, 0.1) is 6.92 Å². The van der Waals surface area contributed by atoms with Crippen molar-refractivity contribution in [3.05, 3.63) is 23.8 Å². The summed E-state index contributed by atoms with van der Waals surface area (Å²) in [6.07, 6.45) is 0. The SMILES string of the molecule is CCN(CC)S(=O)(=O)c1cc(C)ccc1N. The quantitative estimate of drug-likeness (QED) is 0.816. The Morgan fingerprint density at radius 1 is 1.25 bits per heavy atom. The third-order valence-corrected chi connectivity index (χ3v) is 4.60. The molecule has 2 N–H and O–H groups in total. The summed E-state index contributed by atoms with van der Waals surface area (Å²) in [5.74, 6) is 0. The highest BCUT2D eigenvalue weighted by Crippen LogP contribution is 2.23. The highest BCUT2D eigenvalue weighted by Gasteiger charge is 2.23. The van der Waals surface area contributed by atoms with Gasteiger partial charge < -0.3 is 5.73 Å². The molecule has 1 aromatic rings. The fourth-order valence-electron chi connectivity index (χ4n) is 1.57. The van der Waals surface area contributed by atoms with E-state index < -0.39 is 10.0 Å². The summed E-state index contributed by atoms with van der Waals surface area (Å²) in [5.41, 5.74) is 6.91. The second-order valence-electron chi connectivity index (χ2n) is 3.63. The first kappa shape index (κ1) is 13.0. The van der Waals surface area contributed by atoms with Crippen LogP contribution in [0.25, 0.3) is 0 Å². The lowest BCUT2D eigenvalue weighted by Crippen LogP contribution is -2.31. The van der Waals surface area contributed by atoms with Gasteiger partial charge in [-0.1, -0.05) is 19.9 Å². The summed E-state index contributed by atoms with van der Waals surface area (Å²) < 4.78 is 25.8. The van der Waals surface area contributed by atoms with Gasteiger partial charge in [0.1, 0.15) is 4.90 Å². The Bertz CT molecular complexity index is 465. The molecule has 0 aliphatic carbocycles. The van der Waals surface area contributed by atoms with Gasteiger partial charge in [-0.3, -0.25) is 0 Å². The van der Waals surface area contributed by atoms with Crippen molar-refractivity contribution in [1.82, 2.24) is 4.31 Å². The van der Waals surface area contributed by atoms with Crippen molar-refractivity contribution in [2.75, 3.05) is 18.8 Å². The smallest absolute Gasteiger partial charge is 0.245 e. The Morgan fingerprint density at radius 2 is 1.81 bits per heavy atom. The number of rotatable bonds is 4. The van der Waals surface area contributed by atoms with Gasteiger partial charge in [0.15, 0.2) is 0 Å². The summed E-state index contributed by atoms with van der Waals surface area (Å²) in [7, 11) is -3.45. The Kier molecular flexibility index (Phi) is 3.93. The number of anilines is 1. The van der Waals surface area contributed by atoms with E-state index in [1.165, 1.54) is 4.31 Å². The second kappa shape index (κ2) is 4.84. The molecule has 4 nitrogen and oxygen atoms in total. The molecule has 0 fully saturated rings. The lowest BCUT2D eigenvalue weighted by molar-refractivity contribution is 0.445. The van der Waals surface area contributed by atoms with Crippen molar-refractivity contribution < 1.29 is 8.42 Å².